The molecule has 0 aliphatic carbocycles. The molecule has 0 aliphatic rings. The third kappa shape index (κ3) is 1.90. The number of rotatable bonds is 2. The molecular formula is C10H12FNO2. The molecular weight excluding hydrogens is 185 g/mol. The summed E-state index contributed by atoms with van der Waals surface area (Å²) in [4.78, 5) is 10.8. The van der Waals surface area contributed by atoms with E-state index in [2.05, 4.69) is 0 Å². The summed E-state index contributed by atoms with van der Waals surface area (Å²) in [5.41, 5.74) is 4.92. The third-order valence-corrected chi connectivity index (χ3v) is 2.09. The van der Waals surface area contributed by atoms with Crippen LogP contribution in [0.25, 0.3) is 0 Å². The summed E-state index contributed by atoms with van der Waals surface area (Å²) in [5.74, 6) is -1.65. The van der Waals surface area contributed by atoms with Crippen LogP contribution < -0.4 is 5.73 Å². The lowest BCUT2D eigenvalue weighted by atomic mass is 9.92. The van der Waals surface area contributed by atoms with E-state index in [1.807, 2.05) is 0 Å². The quantitative estimate of drug-likeness (QED) is 0.753. The van der Waals surface area contributed by atoms with Gasteiger partial charge in [-0.1, -0.05) is 6.07 Å². The van der Waals surface area contributed by atoms with Gasteiger partial charge in [0.1, 0.15) is 11.4 Å². The van der Waals surface area contributed by atoms with Gasteiger partial charge < -0.3 is 10.8 Å². The highest BCUT2D eigenvalue weighted by molar-refractivity contribution is 5.79. The number of carboxylic acid groups (broad SMARTS) is 1. The van der Waals surface area contributed by atoms with Crippen LogP contribution in [0.5, 0.6) is 0 Å². The second kappa shape index (κ2) is 3.38. The fourth-order valence-corrected chi connectivity index (χ4v) is 1.16. The molecule has 3 nitrogen and oxygen atoms in total. The Morgan fingerprint density at radius 1 is 1.50 bits per heavy atom. The standard InChI is InChI=1S/C10H12FNO2/c1-6-3-7(5-8(11)4-6)10(2,12)9(13)14/h3-5H,12H2,1-2H3,(H,13,14)/t10-/m0/s1. The monoisotopic (exact) mass is 197 g/mol. The number of hydrogen-bond donors (Lipinski definition) is 2. The molecule has 0 aliphatic heterocycles. The normalized spacial score (nSPS) is 14.9. The smallest absolute Gasteiger partial charge is 0.328 e. The second-order valence-electron chi connectivity index (χ2n) is 3.52. The minimum Gasteiger partial charge on any atom is -0.480 e. The first-order valence-electron chi connectivity index (χ1n) is 4.14. The highest BCUT2D eigenvalue weighted by Crippen LogP contribution is 2.20. The van der Waals surface area contributed by atoms with Gasteiger partial charge in [0, 0.05) is 0 Å². The lowest BCUT2D eigenvalue weighted by Crippen LogP contribution is -2.41. The van der Waals surface area contributed by atoms with Crippen LogP contribution in [0.1, 0.15) is 18.1 Å². The molecule has 0 amide bonds. The van der Waals surface area contributed by atoms with Crippen molar-refractivity contribution >= 4 is 5.97 Å². The Balaban J connectivity index is 3.25. The van der Waals surface area contributed by atoms with E-state index in [1.54, 1.807) is 13.0 Å². The maximum atomic E-state index is 13.0. The first-order chi connectivity index (χ1) is 6.34. The van der Waals surface area contributed by atoms with E-state index in [4.69, 9.17) is 10.8 Å². The van der Waals surface area contributed by atoms with Crippen molar-refractivity contribution in [3.05, 3.63) is 35.1 Å². The van der Waals surface area contributed by atoms with Crippen LogP contribution in [0, 0.1) is 12.7 Å². The zero-order valence-electron chi connectivity index (χ0n) is 8.04. The van der Waals surface area contributed by atoms with Crippen molar-refractivity contribution in [2.45, 2.75) is 19.4 Å². The van der Waals surface area contributed by atoms with E-state index in [9.17, 15) is 9.18 Å². The largest absolute Gasteiger partial charge is 0.480 e. The zero-order chi connectivity index (χ0) is 10.9. The Morgan fingerprint density at radius 2 is 2.07 bits per heavy atom. The predicted molar refractivity (Wildman–Crippen MR) is 50.3 cm³/mol. The van der Waals surface area contributed by atoms with E-state index in [0.29, 0.717) is 5.56 Å². The summed E-state index contributed by atoms with van der Waals surface area (Å²) in [6.07, 6.45) is 0. The fourth-order valence-electron chi connectivity index (χ4n) is 1.16. The van der Waals surface area contributed by atoms with Gasteiger partial charge in [-0.25, -0.2) is 9.18 Å². The number of hydrogen-bond acceptors (Lipinski definition) is 2. The molecule has 0 radical (unpaired) electrons. The Hall–Kier alpha value is -1.42. The van der Waals surface area contributed by atoms with Crippen LogP contribution in [-0.2, 0) is 10.3 Å². The summed E-state index contributed by atoms with van der Waals surface area (Å²) in [7, 11) is 0. The molecule has 0 spiro atoms. The molecule has 1 rings (SSSR count). The number of aryl methyl sites for hydroxylation is 1. The fraction of sp³-hybridized carbons (Fsp3) is 0.300. The van der Waals surface area contributed by atoms with Crippen LogP contribution in [0.15, 0.2) is 18.2 Å². The summed E-state index contributed by atoms with van der Waals surface area (Å²) < 4.78 is 13.0. The van der Waals surface area contributed by atoms with Gasteiger partial charge in [-0.2, -0.15) is 0 Å². The SMILES string of the molecule is Cc1cc(F)cc([C@](C)(N)C(=O)O)c1. The molecule has 0 aromatic heterocycles. The van der Waals surface area contributed by atoms with Crippen LogP contribution >= 0.6 is 0 Å². The Morgan fingerprint density at radius 3 is 2.50 bits per heavy atom. The van der Waals surface area contributed by atoms with Crippen molar-refractivity contribution in [3.8, 4) is 0 Å². The Labute approximate surface area is 81.4 Å². The Bertz CT molecular complexity index is 354. The van der Waals surface area contributed by atoms with Gasteiger partial charge in [0.05, 0.1) is 0 Å². The van der Waals surface area contributed by atoms with Gasteiger partial charge in [0.15, 0.2) is 0 Å². The number of aliphatic carboxylic acids is 1. The van der Waals surface area contributed by atoms with Gasteiger partial charge in [0.2, 0.25) is 0 Å². The van der Waals surface area contributed by atoms with E-state index >= 15 is 0 Å². The van der Waals surface area contributed by atoms with Crippen LogP contribution in [-0.4, -0.2) is 11.1 Å². The predicted octanol–water partition coefficient (Wildman–Crippen LogP) is 1.39. The minimum absolute atomic E-state index is 0.266. The molecule has 76 valence electrons. The van der Waals surface area contributed by atoms with E-state index in [1.165, 1.54) is 13.0 Å². The third-order valence-electron chi connectivity index (χ3n) is 2.09. The van der Waals surface area contributed by atoms with Crippen molar-refractivity contribution in [3.63, 3.8) is 0 Å². The first-order valence-corrected chi connectivity index (χ1v) is 4.14. The lowest BCUT2D eigenvalue weighted by molar-refractivity contribution is -0.143. The van der Waals surface area contributed by atoms with Crippen LogP contribution in [0.2, 0.25) is 0 Å². The van der Waals surface area contributed by atoms with E-state index in [-0.39, 0.29) is 5.56 Å². The average molecular weight is 197 g/mol. The molecule has 0 unspecified atom stereocenters. The topological polar surface area (TPSA) is 63.3 Å². The van der Waals surface area contributed by atoms with Crippen molar-refractivity contribution in [1.82, 2.24) is 0 Å². The van der Waals surface area contributed by atoms with Gasteiger partial charge >= 0.3 is 5.97 Å². The molecule has 0 heterocycles. The van der Waals surface area contributed by atoms with Gasteiger partial charge in [-0.3, -0.25) is 0 Å². The zero-order valence-corrected chi connectivity index (χ0v) is 8.04. The molecule has 0 saturated heterocycles. The molecule has 1 aromatic rings. The summed E-state index contributed by atoms with van der Waals surface area (Å²) in [6, 6.07) is 4.03. The molecule has 4 heteroatoms. The molecule has 3 N–H and O–H groups in total. The van der Waals surface area contributed by atoms with E-state index in [0.717, 1.165) is 6.07 Å². The van der Waals surface area contributed by atoms with Crippen LogP contribution in [0.4, 0.5) is 4.39 Å². The maximum absolute atomic E-state index is 13.0. The highest BCUT2D eigenvalue weighted by atomic mass is 19.1. The number of carbonyl (C=O) groups is 1. The summed E-state index contributed by atoms with van der Waals surface area (Å²) in [6.45, 7) is 3.02. The molecule has 0 fully saturated rings. The molecule has 0 saturated carbocycles. The van der Waals surface area contributed by atoms with Crippen LogP contribution in [0.3, 0.4) is 0 Å². The molecule has 1 atom stereocenters. The van der Waals surface area contributed by atoms with Gasteiger partial charge in [-0.05, 0) is 37.1 Å². The number of nitrogens with two attached hydrogens (primary N) is 1. The maximum Gasteiger partial charge on any atom is 0.328 e. The summed E-state index contributed by atoms with van der Waals surface area (Å²) >= 11 is 0. The second-order valence-corrected chi connectivity index (χ2v) is 3.52. The first kappa shape index (κ1) is 10.7. The number of carboxylic acids is 1. The van der Waals surface area contributed by atoms with Gasteiger partial charge in [-0.15, -0.1) is 0 Å². The highest BCUT2D eigenvalue weighted by Gasteiger charge is 2.30. The summed E-state index contributed by atoms with van der Waals surface area (Å²) in [5, 5.41) is 8.83. The number of halogens is 1. The van der Waals surface area contributed by atoms with Crippen molar-refractivity contribution in [2.24, 2.45) is 5.73 Å². The average Bonchev–Trinajstić information content (AvgIpc) is 2.01. The molecule has 0 bridgehead atoms. The van der Waals surface area contributed by atoms with Crippen molar-refractivity contribution in [1.29, 1.82) is 0 Å². The van der Waals surface area contributed by atoms with E-state index < -0.39 is 17.3 Å². The van der Waals surface area contributed by atoms with Crippen molar-refractivity contribution < 1.29 is 14.3 Å². The van der Waals surface area contributed by atoms with Crippen molar-refractivity contribution in [2.75, 3.05) is 0 Å². The minimum atomic E-state index is -1.55. The number of benzene rings is 1. The Kier molecular flexibility index (Phi) is 2.57. The lowest BCUT2D eigenvalue weighted by Gasteiger charge is -2.20. The molecule has 14 heavy (non-hydrogen) atoms. The van der Waals surface area contributed by atoms with Gasteiger partial charge in [0.25, 0.3) is 0 Å². The molecule has 1 aromatic carbocycles.